The second-order valence-corrected chi connectivity index (χ2v) is 5.50. The first-order valence-corrected chi connectivity index (χ1v) is 7.89. The zero-order chi connectivity index (χ0) is 14.6. The van der Waals surface area contributed by atoms with Crippen LogP contribution in [0.5, 0.6) is 5.88 Å². The van der Waals surface area contributed by atoms with E-state index in [1.807, 2.05) is 0 Å². The highest BCUT2D eigenvalue weighted by Gasteiger charge is 2.00. The fraction of sp³-hybridized carbons (Fsp3) is 0.750. The van der Waals surface area contributed by atoms with Crippen molar-refractivity contribution in [2.24, 2.45) is 0 Å². The summed E-state index contributed by atoms with van der Waals surface area (Å²) < 4.78 is 5.60. The molecule has 0 amide bonds. The van der Waals surface area contributed by atoms with Gasteiger partial charge in [0.2, 0.25) is 5.88 Å². The second-order valence-electron chi connectivity index (χ2n) is 5.50. The summed E-state index contributed by atoms with van der Waals surface area (Å²) in [5.74, 6) is 0.631. The van der Waals surface area contributed by atoms with Crippen LogP contribution in [0.1, 0.15) is 65.0 Å². The summed E-state index contributed by atoms with van der Waals surface area (Å²) in [6, 6.07) is 0.459. The van der Waals surface area contributed by atoms with E-state index in [0.29, 0.717) is 11.9 Å². The molecular formula is C16H29N3O. The number of hydrogen-bond acceptors (Lipinski definition) is 4. The van der Waals surface area contributed by atoms with Crippen molar-refractivity contribution >= 4 is 0 Å². The number of hydrogen-bond donors (Lipinski definition) is 1. The Labute approximate surface area is 123 Å². The van der Waals surface area contributed by atoms with E-state index in [-0.39, 0.29) is 0 Å². The SMILES string of the molecule is CCCCCCCCOc1cnc(CNC(C)C)cn1. The van der Waals surface area contributed by atoms with Gasteiger partial charge in [-0.05, 0) is 6.42 Å². The molecule has 0 aliphatic heterocycles. The Morgan fingerprint density at radius 2 is 1.80 bits per heavy atom. The molecule has 114 valence electrons. The lowest BCUT2D eigenvalue weighted by atomic mass is 10.1. The van der Waals surface area contributed by atoms with Crippen LogP contribution in [0, 0.1) is 0 Å². The summed E-state index contributed by atoms with van der Waals surface area (Å²) in [4.78, 5) is 8.62. The molecule has 0 saturated heterocycles. The predicted molar refractivity (Wildman–Crippen MR) is 82.9 cm³/mol. The molecule has 0 aliphatic rings. The molecule has 0 aliphatic carbocycles. The monoisotopic (exact) mass is 279 g/mol. The van der Waals surface area contributed by atoms with Gasteiger partial charge in [-0.1, -0.05) is 52.9 Å². The number of nitrogens with one attached hydrogen (secondary N) is 1. The van der Waals surface area contributed by atoms with Crippen LogP contribution in [0.2, 0.25) is 0 Å². The number of unbranched alkanes of at least 4 members (excludes halogenated alkanes) is 5. The van der Waals surface area contributed by atoms with Gasteiger partial charge in [0.25, 0.3) is 0 Å². The van der Waals surface area contributed by atoms with Crippen molar-refractivity contribution in [3.8, 4) is 5.88 Å². The van der Waals surface area contributed by atoms with Crippen molar-refractivity contribution in [3.05, 3.63) is 18.1 Å². The molecule has 0 unspecified atom stereocenters. The Bertz CT molecular complexity index is 338. The molecule has 1 heterocycles. The van der Waals surface area contributed by atoms with E-state index >= 15 is 0 Å². The second kappa shape index (κ2) is 10.6. The molecule has 20 heavy (non-hydrogen) atoms. The zero-order valence-electron chi connectivity index (χ0n) is 13.2. The Morgan fingerprint density at radius 1 is 1.05 bits per heavy atom. The van der Waals surface area contributed by atoms with E-state index in [0.717, 1.165) is 25.3 Å². The molecule has 0 fully saturated rings. The summed E-state index contributed by atoms with van der Waals surface area (Å²) in [7, 11) is 0. The molecular weight excluding hydrogens is 250 g/mol. The molecule has 1 aromatic rings. The normalized spacial score (nSPS) is 11.0. The van der Waals surface area contributed by atoms with Crippen molar-refractivity contribution in [1.29, 1.82) is 0 Å². The number of nitrogens with zero attached hydrogens (tertiary/aromatic N) is 2. The molecule has 0 radical (unpaired) electrons. The third-order valence-electron chi connectivity index (χ3n) is 3.12. The van der Waals surface area contributed by atoms with E-state index in [1.54, 1.807) is 12.4 Å². The van der Waals surface area contributed by atoms with Crippen LogP contribution in [0.25, 0.3) is 0 Å². The molecule has 1 N–H and O–H groups in total. The van der Waals surface area contributed by atoms with Gasteiger partial charge in [0, 0.05) is 12.6 Å². The Morgan fingerprint density at radius 3 is 2.45 bits per heavy atom. The quantitative estimate of drug-likeness (QED) is 0.627. The third kappa shape index (κ3) is 8.10. The first kappa shape index (κ1) is 16.9. The lowest BCUT2D eigenvalue weighted by Gasteiger charge is -2.08. The van der Waals surface area contributed by atoms with Crippen molar-refractivity contribution in [1.82, 2.24) is 15.3 Å². The van der Waals surface area contributed by atoms with Crippen LogP contribution in [0.4, 0.5) is 0 Å². The first-order valence-electron chi connectivity index (χ1n) is 7.89. The van der Waals surface area contributed by atoms with Crippen LogP contribution in [0.15, 0.2) is 12.4 Å². The largest absolute Gasteiger partial charge is 0.477 e. The number of rotatable bonds is 11. The minimum absolute atomic E-state index is 0.459. The van der Waals surface area contributed by atoms with Crippen LogP contribution in [0.3, 0.4) is 0 Å². The van der Waals surface area contributed by atoms with Gasteiger partial charge in [-0.3, -0.25) is 4.98 Å². The summed E-state index contributed by atoms with van der Waals surface area (Å²) in [5.41, 5.74) is 0.950. The highest BCUT2D eigenvalue weighted by atomic mass is 16.5. The number of aromatic nitrogens is 2. The highest BCUT2D eigenvalue weighted by molar-refractivity contribution is 5.07. The van der Waals surface area contributed by atoms with E-state index < -0.39 is 0 Å². The summed E-state index contributed by atoms with van der Waals surface area (Å²) in [5, 5.41) is 3.31. The minimum Gasteiger partial charge on any atom is -0.477 e. The molecule has 0 atom stereocenters. The fourth-order valence-electron chi connectivity index (χ4n) is 1.88. The molecule has 0 bridgehead atoms. The van der Waals surface area contributed by atoms with Crippen molar-refractivity contribution < 1.29 is 4.74 Å². The molecule has 0 aromatic carbocycles. The van der Waals surface area contributed by atoms with Crippen LogP contribution in [-0.4, -0.2) is 22.6 Å². The maximum absolute atomic E-state index is 5.60. The van der Waals surface area contributed by atoms with Gasteiger partial charge in [-0.25, -0.2) is 4.98 Å². The average Bonchev–Trinajstić information content (AvgIpc) is 2.45. The predicted octanol–water partition coefficient (Wildman–Crippen LogP) is 3.71. The van der Waals surface area contributed by atoms with Gasteiger partial charge in [0.1, 0.15) is 0 Å². The summed E-state index contributed by atoms with van der Waals surface area (Å²) in [6.07, 6.45) is 11.1. The molecule has 1 aromatic heterocycles. The molecule has 4 heteroatoms. The maximum atomic E-state index is 5.60. The van der Waals surface area contributed by atoms with Gasteiger partial charge in [-0.2, -0.15) is 0 Å². The molecule has 4 nitrogen and oxygen atoms in total. The van der Waals surface area contributed by atoms with Gasteiger partial charge in [0.15, 0.2) is 0 Å². The molecule has 1 rings (SSSR count). The Balaban J connectivity index is 2.12. The summed E-state index contributed by atoms with van der Waals surface area (Å²) in [6.45, 7) is 7.96. The van der Waals surface area contributed by atoms with Gasteiger partial charge in [-0.15, -0.1) is 0 Å². The average molecular weight is 279 g/mol. The summed E-state index contributed by atoms with van der Waals surface area (Å²) >= 11 is 0. The highest BCUT2D eigenvalue weighted by Crippen LogP contribution is 2.08. The number of ether oxygens (including phenoxy) is 1. The molecule has 0 saturated carbocycles. The standard InChI is InChI=1S/C16H29N3O/c1-4-5-6-7-8-9-10-20-16-13-18-15(12-19-16)11-17-14(2)3/h12-14,17H,4-11H2,1-3H3. The zero-order valence-corrected chi connectivity index (χ0v) is 13.2. The van der Waals surface area contributed by atoms with E-state index in [1.165, 1.54) is 32.1 Å². The third-order valence-corrected chi connectivity index (χ3v) is 3.12. The van der Waals surface area contributed by atoms with E-state index in [4.69, 9.17) is 4.74 Å². The van der Waals surface area contributed by atoms with Gasteiger partial charge in [0.05, 0.1) is 24.7 Å². The van der Waals surface area contributed by atoms with Crippen molar-refractivity contribution in [2.45, 2.75) is 71.9 Å². The van der Waals surface area contributed by atoms with Crippen LogP contribution < -0.4 is 10.1 Å². The van der Waals surface area contributed by atoms with Crippen molar-refractivity contribution in [3.63, 3.8) is 0 Å². The lowest BCUT2D eigenvalue weighted by Crippen LogP contribution is -2.22. The molecule has 0 spiro atoms. The van der Waals surface area contributed by atoms with Crippen LogP contribution in [-0.2, 0) is 6.54 Å². The fourth-order valence-corrected chi connectivity index (χ4v) is 1.88. The van der Waals surface area contributed by atoms with E-state index in [2.05, 4.69) is 36.1 Å². The lowest BCUT2D eigenvalue weighted by molar-refractivity contribution is 0.291. The van der Waals surface area contributed by atoms with Crippen molar-refractivity contribution in [2.75, 3.05) is 6.61 Å². The smallest absolute Gasteiger partial charge is 0.232 e. The Hall–Kier alpha value is -1.16. The maximum Gasteiger partial charge on any atom is 0.232 e. The minimum atomic E-state index is 0.459. The topological polar surface area (TPSA) is 47.0 Å². The first-order chi connectivity index (χ1) is 9.72. The Kier molecular flexibility index (Phi) is 8.96. The van der Waals surface area contributed by atoms with E-state index in [9.17, 15) is 0 Å². The van der Waals surface area contributed by atoms with Crippen LogP contribution >= 0.6 is 0 Å². The van der Waals surface area contributed by atoms with Gasteiger partial charge < -0.3 is 10.1 Å². The van der Waals surface area contributed by atoms with Gasteiger partial charge >= 0.3 is 0 Å².